The van der Waals surface area contributed by atoms with Gasteiger partial charge in [0.05, 0.1) is 24.1 Å². The maximum absolute atomic E-state index is 13.2. The molecule has 19 atom stereocenters. The summed E-state index contributed by atoms with van der Waals surface area (Å²) in [6.45, 7) is 3.12. The Morgan fingerprint density at radius 1 is 0.431 bits per heavy atom. The van der Waals surface area contributed by atoms with E-state index in [-0.39, 0.29) is 147 Å². The highest BCUT2D eigenvalue weighted by molar-refractivity contribution is 7.88. The molecular weight excluding hydrogens is 1750 g/mol. The number of nitrogens with zero attached hydrogens (tertiary/aromatic N) is 6. The summed E-state index contributed by atoms with van der Waals surface area (Å²) < 4.78 is 167. The Morgan fingerprint density at radius 3 is 0.862 bits per heavy atom. The van der Waals surface area contributed by atoms with Crippen LogP contribution in [0.3, 0.4) is 0 Å². The van der Waals surface area contributed by atoms with E-state index in [1.54, 1.807) is 11.6 Å². The van der Waals surface area contributed by atoms with E-state index in [9.17, 15) is 100 Å². The van der Waals surface area contributed by atoms with Crippen LogP contribution in [0.2, 0.25) is 31.6 Å². The number of alkyl halides is 2. The van der Waals surface area contributed by atoms with Crippen LogP contribution in [0.4, 0.5) is 8.78 Å². The molecule has 0 bridgehead atoms. The number of hydrogen-bond acceptors (Lipinski definition) is 36. The number of nitriles is 1. The number of carbonyl (C=O) groups is 5. The molecule has 51 nitrogen and oxygen atoms in total. The second-order valence-corrected chi connectivity index (χ2v) is 43.3. The van der Waals surface area contributed by atoms with Crippen molar-refractivity contribution in [1.82, 2.24) is 45.1 Å². The fourth-order valence-electron chi connectivity index (χ4n) is 15.5. The molecule has 5 aliphatic heterocycles. The predicted molar refractivity (Wildman–Crippen MR) is 435 cm³/mol. The maximum atomic E-state index is 13.2. The third-order valence-electron chi connectivity index (χ3n) is 25.0. The van der Waals surface area contributed by atoms with E-state index in [1.807, 2.05) is 19.9 Å². The van der Waals surface area contributed by atoms with E-state index < -0.39 is 240 Å². The quantitative estimate of drug-likeness (QED) is 0.0253. The summed E-state index contributed by atoms with van der Waals surface area (Å²) >= 11 is 0. The van der Waals surface area contributed by atoms with Crippen LogP contribution in [0.25, 0.3) is 0 Å². The second kappa shape index (κ2) is 40.5. The van der Waals surface area contributed by atoms with Crippen molar-refractivity contribution in [2.75, 3.05) is 72.0 Å². The SMILES string of the molecule is CC1(C)[C@H](N)[C@H]1NS(=O)(=O)N1C[C@H](CCCB(O)O)[C@](N)(C(=O)O)C1.C[C@]1(N)C[C@@H]1NS(=O)(=O)N1C[C@H](CCCB(O)O)[C@](N)(C(=O)O)C1.N#CC1[C@H](N)[C@H]1NS(=O)(=O)N1C[C@H](CCCB(O)O)[C@](N)(C(=O)O)C1.NCC1(NS(=O)(=O)N2C[C@H](CCCB(O)O)[C@](N)(C(=O)O)C2)CC1.N[C@@H]1[C@@H](NS(=O)(=O)N2C[C@H](CCCB(O)O)[C@](N)(C(=O)O)C2)C1(F)F. The third-order valence-corrected chi connectivity index (χ3v) is 32.7. The van der Waals surface area contributed by atoms with Crippen molar-refractivity contribution in [3.05, 3.63) is 0 Å². The molecule has 63 heteroatoms. The Balaban J connectivity index is 0.000000238. The smallest absolute Gasteiger partial charge is 0.451 e. The highest BCUT2D eigenvalue weighted by atomic mass is 32.2. The van der Waals surface area contributed by atoms with Gasteiger partial charge in [0.15, 0.2) is 0 Å². The van der Waals surface area contributed by atoms with Gasteiger partial charge >= 0.3 is 65.4 Å². The molecule has 0 aromatic carbocycles. The Bertz CT molecular complexity index is 4260. The molecule has 5 saturated heterocycles. The van der Waals surface area contributed by atoms with Crippen LogP contribution in [-0.4, -0.2) is 364 Å². The molecule has 1 unspecified atom stereocenters. The molecule has 0 aromatic heterocycles. The third kappa shape index (κ3) is 26.5. The van der Waals surface area contributed by atoms with Crippen LogP contribution >= 0.6 is 0 Å². The average molecular weight is 1870 g/mol. The highest BCUT2D eigenvalue weighted by Crippen LogP contribution is 2.46. The van der Waals surface area contributed by atoms with Gasteiger partial charge < -0.3 is 133 Å². The number of carboxylic acids is 5. The standard InChI is InChI=1S/C13H27BN4O6S.C12H22BN5O6S.2C12H25BN4O6S.C11H21BF2N4O6S/c1-12(2)9(15)10(12)17-25(23,24)18-6-8(4-3-5-14(21)22)13(16,7-18)11(19)20;14-4-8-9(15)10(8)17-25(23,24)18-5-7(2-1-3-13(21)22)12(16,6-18)11(19)20;1-11(14)5-9(11)16-24(22,23)17-6-8(3-2-4-13(20)21)12(15,7-17)10(18)19;14-7-11(3-4-11)16-24(22,23)17-6-9(2-1-5-13(20)21)12(15,8-17)10(18)19;13-11(14)7(15)8(11)17-25(23,24)18-4-6(2-1-3-12(21)22)10(16,5-18)9(19)20/h8-10,17,21-22H,3-7,15-16H2,1-2H3,(H,19,20);7-10,17,21-22H,1-3,5-6,15-16H2,(H,19,20);8-9,16,20-21H,2-7,14-15H2,1H3,(H,18,19);9,16,20-21H,1-8,14-15H2,(H,18,19);6-8,17,21-22H,1-5,15-16H2,(H,19,20)/t8-,9+,10+,13-;7-,8?,9-,10-,12-;8-,9-,11-,12-;9-,12-;6-,7+,8+,10-/m00000/s1. The molecule has 0 radical (unpaired) electrons. The zero-order chi connectivity index (χ0) is 93.9. The first-order valence-electron chi connectivity index (χ1n) is 39.4. The molecule has 5 aliphatic carbocycles. The fourth-order valence-corrected chi connectivity index (χ4v) is 23.6. The van der Waals surface area contributed by atoms with Crippen LogP contribution in [0.15, 0.2) is 0 Å². The first-order valence-corrected chi connectivity index (χ1v) is 46.6. The maximum Gasteiger partial charge on any atom is 0.451 e. The highest BCUT2D eigenvalue weighted by Gasteiger charge is 2.69. The molecule has 5 heterocycles. The van der Waals surface area contributed by atoms with Gasteiger partial charge in [0, 0.05) is 137 Å². The molecule has 123 heavy (non-hydrogen) atoms. The molecule has 40 N–H and O–H groups in total. The predicted octanol–water partition coefficient (Wildman–Crippen LogP) is -14.2. The summed E-state index contributed by atoms with van der Waals surface area (Å²) in [5, 5.41) is 145. The van der Waals surface area contributed by atoms with Gasteiger partial charge in [-0.05, 0) is 95.3 Å². The number of halogens is 2. The van der Waals surface area contributed by atoms with Crippen LogP contribution < -0.4 is 80.9 Å². The average Bonchev–Trinajstić information content (AvgIpc) is 1.58. The molecule has 10 fully saturated rings. The van der Waals surface area contributed by atoms with Gasteiger partial charge in [0.2, 0.25) is 0 Å². The summed E-state index contributed by atoms with van der Waals surface area (Å²) in [6.07, 6.45) is 4.77. The van der Waals surface area contributed by atoms with Gasteiger partial charge in [-0.1, -0.05) is 46.0 Å². The van der Waals surface area contributed by atoms with Crippen molar-refractivity contribution in [3.8, 4) is 6.07 Å². The van der Waals surface area contributed by atoms with E-state index in [1.165, 1.54) is 0 Å². The van der Waals surface area contributed by atoms with Gasteiger partial charge in [-0.25, -0.2) is 8.78 Å². The Morgan fingerprint density at radius 2 is 0.667 bits per heavy atom. The Labute approximate surface area is 713 Å². The van der Waals surface area contributed by atoms with Gasteiger partial charge in [0.25, 0.3) is 57.0 Å². The Kier molecular flexibility index (Phi) is 35.4. The van der Waals surface area contributed by atoms with E-state index >= 15 is 0 Å². The van der Waals surface area contributed by atoms with E-state index in [4.69, 9.17) is 113 Å². The van der Waals surface area contributed by atoms with Crippen molar-refractivity contribution >= 4 is 116 Å². The van der Waals surface area contributed by atoms with Crippen LogP contribution in [0, 0.1) is 52.3 Å². The minimum atomic E-state index is -4.40. The summed E-state index contributed by atoms with van der Waals surface area (Å²) in [4.78, 5) is 57.8. The molecule has 704 valence electrons. The van der Waals surface area contributed by atoms with Crippen LogP contribution in [0.5, 0.6) is 0 Å². The number of nitrogens with one attached hydrogen (secondary N) is 5. The van der Waals surface area contributed by atoms with E-state index in [0.29, 0.717) is 49.3 Å². The number of aliphatic carboxylic acids is 5. The summed E-state index contributed by atoms with van der Waals surface area (Å²) in [5.74, 6) is -13.9. The van der Waals surface area contributed by atoms with Gasteiger partial charge in [0.1, 0.15) is 33.7 Å². The lowest BCUT2D eigenvalue weighted by Gasteiger charge is -2.25. The lowest BCUT2D eigenvalue weighted by molar-refractivity contribution is -0.145. The minimum Gasteiger partial charge on any atom is -0.480 e. The monoisotopic (exact) mass is 1870 g/mol. The number of carboxylic acid groups (broad SMARTS) is 5. The molecule has 5 saturated carbocycles. The zero-order valence-electron chi connectivity index (χ0n) is 68.0. The zero-order valence-corrected chi connectivity index (χ0v) is 72.1. The first-order chi connectivity index (χ1) is 56.1. The van der Waals surface area contributed by atoms with Crippen molar-refractivity contribution in [3.63, 3.8) is 0 Å². The fraction of sp³-hybridized carbons (Fsp3) is 0.900. The summed E-state index contributed by atoms with van der Waals surface area (Å²) in [5.41, 5.74) is 47.4. The topological polar surface area (TPSA) is 920 Å². The molecular formula is C60H120B5F2N21O30S5. The lowest BCUT2D eigenvalue weighted by atomic mass is 9.78. The minimum absolute atomic E-state index is 0.0274. The Hall–Kier alpha value is -4.43. The van der Waals surface area contributed by atoms with Crippen molar-refractivity contribution in [2.45, 2.75) is 223 Å². The van der Waals surface area contributed by atoms with Gasteiger partial charge in [-0.15, -0.1) is 0 Å². The number of nitrogens with two attached hydrogens (primary N) is 10. The van der Waals surface area contributed by atoms with Crippen molar-refractivity contribution in [2.24, 2.45) is 98.3 Å². The first kappa shape index (κ1) is 107. The lowest BCUT2D eigenvalue weighted by Crippen LogP contribution is -2.56. The molecule has 10 rings (SSSR count). The van der Waals surface area contributed by atoms with Gasteiger partial charge in [-0.3, -0.25) is 24.0 Å². The van der Waals surface area contributed by atoms with Crippen molar-refractivity contribution in [1.29, 1.82) is 5.26 Å². The molecule has 0 amide bonds. The van der Waals surface area contributed by atoms with Gasteiger partial charge in [-0.2, -0.15) is 92.5 Å². The molecule has 0 spiro atoms. The number of hydrogen-bond donors (Lipinski definition) is 30. The van der Waals surface area contributed by atoms with E-state index in [0.717, 1.165) is 17.2 Å². The summed E-state index contributed by atoms with van der Waals surface area (Å²) in [6, 6.07) is -3.84. The van der Waals surface area contributed by atoms with Crippen LogP contribution in [0.1, 0.15) is 104 Å². The normalized spacial score (nSPS) is 34.3. The van der Waals surface area contributed by atoms with Crippen LogP contribution in [-0.2, 0) is 75.0 Å². The summed E-state index contributed by atoms with van der Waals surface area (Å²) in [7, 11) is -27.7. The van der Waals surface area contributed by atoms with E-state index in [2.05, 4.69) is 18.9 Å². The number of rotatable bonds is 41. The largest absolute Gasteiger partial charge is 0.480 e. The molecule has 10 aliphatic rings. The molecule has 0 aromatic rings. The van der Waals surface area contributed by atoms with Crippen molar-refractivity contribution < 1.29 is 151 Å². The second-order valence-electron chi connectivity index (χ2n) is 34.8.